The minimum absolute atomic E-state index is 0.0494. The fraction of sp³-hybridized carbons (Fsp3) is 0.381. The molecule has 150 valence electrons. The van der Waals surface area contributed by atoms with E-state index in [4.69, 9.17) is 0 Å². The minimum atomic E-state index is -3.45. The molecule has 28 heavy (non-hydrogen) atoms. The first-order valence-corrected chi connectivity index (χ1v) is 11.1. The van der Waals surface area contributed by atoms with Crippen LogP contribution in [0.15, 0.2) is 59.5 Å². The first-order valence-electron chi connectivity index (χ1n) is 9.65. The maximum Gasteiger partial charge on any atom is 0.279 e. The Morgan fingerprint density at radius 3 is 2.21 bits per heavy atom. The quantitative estimate of drug-likeness (QED) is 0.766. The van der Waals surface area contributed by atoms with Crippen LogP contribution < -0.4 is 10.2 Å². The third-order valence-corrected chi connectivity index (χ3v) is 7.00. The molecule has 2 aromatic carbocycles. The van der Waals surface area contributed by atoms with E-state index in [1.54, 1.807) is 30.3 Å². The summed E-state index contributed by atoms with van der Waals surface area (Å²) in [6, 6.07) is 16.4. The molecule has 2 aromatic rings. The Morgan fingerprint density at radius 1 is 1.04 bits per heavy atom. The highest BCUT2D eigenvalue weighted by molar-refractivity contribution is 7.89. The second-order valence-corrected chi connectivity index (χ2v) is 9.41. The van der Waals surface area contributed by atoms with E-state index < -0.39 is 10.0 Å². The third kappa shape index (κ3) is 4.98. The van der Waals surface area contributed by atoms with E-state index in [1.165, 1.54) is 9.87 Å². The van der Waals surface area contributed by atoms with Gasteiger partial charge in [-0.2, -0.15) is 4.31 Å². The van der Waals surface area contributed by atoms with Gasteiger partial charge in [-0.25, -0.2) is 8.42 Å². The molecule has 0 bridgehead atoms. The summed E-state index contributed by atoms with van der Waals surface area (Å²) in [5.74, 6) is 0.407. The van der Waals surface area contributed by atoms with Crippen LogP contribution in [0.2, 0.25) is 0 Å². The van der Waals surface area contributed by atoms with Crippen molar-refractivity contribution in [3.8, 4) is 0 Å². The average molecular weight is 403 g/mol. The number of hydrogen-bond acceptors (Lipinski definition) is 3. The van der Waals surface area contributed by atoms with Gasteiger partial charge in [-0.1, -0.05) is 44.2 Å². The van der Waals surface area contributed by atoms with Crippen LogP contribution in [-0.2, 0) is 14.8 Å². The summed E-state index contributed by atoms with van der Waals surface area (Å²) in [6.07, 6.45) is 0. The largest absolute Gasteiger partial charge is 0.325 e. The number of amides is 1. The molecule has 0 spiro atoms. The van der Waals surface area contributed by atoms with Gasteiger partial charge in [0.15, 0.2) is 6.54 Å². The number of nitrogens with zero attached hydrogens (tertiary/aromatic N) is 1. The van der Waals surface area contributed by atoms with Gasteiger partial charge in [0.25, 0.3) is 5.91 Å². The monoisotopic (exact) mass is 402 g/mol. The number of piperazine rings is 1. The molecule has 0 unspecified atom stereocenters. The molecule has 0 aliphatic carbocycles. The Labute approximate surface area is 167 Å². The molecule has 0 aromatic heterocycles. The van der Waals surface area contributed by atoms with Crippen molar-refractivity contribution in [1.29, 1.82) is 0 Å². The van der Waals surface area contributed by atoms with Gasteiger partial charge in [0.2, 0.25) is 10.0 Å². The fourth-order valence-corrected chi connectivity index (χ4v) is 4.81. The van der Waals surface area contributed by atoms with Crippen molar-refractivity contribution >= 4 is 21.6 Å². The van der Waals surface area contributed by atoms with Crippen molar-refractivity contribution in [2.75, 3.05) is 38.0 Å². The van der Waals surface area contributed by atoms with E-state index in [-0.39, 0.29) is 5.91 Å². The molecule has 0 radical (unpaired) electrons. The van der Waals surface area contributed by atoms with E-state index in [1.807, 2.05) is 24.3 Å². The van der Waals surface area contributed by atoms with Crippen LogP contribution in [0.1, 0.15) is 25.3 Å². The molecule has 1 aliphatic rings. The Bertz CT molecular complexity index is 888. The lowest BCUT2D eigenvalue weighted by molar-refractivity contribution is -0.895. The summed E-state index contributed by atoms with van der Waals surface area (Å²) in [7, 11) is -3.45. The van der Waals surface area contributed by atoms with Crippen molar-refractivity contribution in [3.05, 3.63) is 60.2 Å². The van der Waals surface area contributed by atoms with Gasteiger partial charge in [-0.3, -0.25) is 4.79 Å². The number of rotatable bonds is 6. The molecule has 6 nitrogen and oxygen atoms in total. The Balaban J connectivity index is 1.50. The van der Waals surface area contributed by atoms with Crippen molar-refractivity contribution in [2.45, 2.75) is 24.7 Å². The standard InChI is InChI=1S/C21H27N3O3S/c1-17(2)18-8-10-19(11-9-18)22-21(25)16-23-12-14-24(15-13-23)28(26,27)20-6-4-3-5-7-20/h3-11,17H,12-16H2,1-2H3,(H,22,25)/p+1. The molecule has 7 heteroatoms. The predicted octanol–water partition coefficient (Wildman–Crippen LogP) is 1.34. The molecule has 0 saturated carbocycles. The zero-order valence-corrected chi connectivity index (χ0v) is 17.2. The number of anilines is 1. The lowest BCUT2D eigenvalue weighted by Gasteiger charge is -2.31. The number of quaternary nitrogens is 1. The summed E-state index contributed by atoms with van der Waals surface area (Å²) in [5.41, 5.74) is 2.03. The van der Waals surface area contributed by atoms with Gasteiger partial charge in [0.05, 0.1) is 31.1 Å². The number of sulfonamides is 1. The Hall–Kier alpha value is -2.22. The van der Waals surface area contributed by atoms with E-state index in [2.05, 4.69) is 19.2 Å². The van der Waals surface area contributed by atoms with E-state index in [0.29, 0.717) is 43.5 Å². The SMILES string of the molecule is CC(C)c1ccc(NC(=O)C[NH+]2CCN(S(=O)(=O)c3ccccc3)CC2)cc1. The number of hydrogen-bond donors (Lipinski definition) is 2. The molecule has 0 atom stereocenters. The second kappa shape index (κ2) is 8.86. The van der Waals surface area contributed by atoms with Gasteiger partial charge >= 0.3 is 0 Å². The summed E-state index contributed by atoms with van der Waals surface area (Å²) in [5, 5.41) is 2.93. The van der Waals surface area contributed by atoms with Gasteiger partial charge in [-0.15, -0.1) is 0 Å². The first kappa shape index (κ1) is 20.5. The van der Waals surface area contributed by atoms with Crippen LogP contribution in [0, 0.1) is 0 Å². The van der Waals surface area contributed by atoms with E-state index in [0.717, 1.165) is 10.6 Å². The van der Waals surface area contributed by atoms with Crippen LogP contribution in [0.3, 0.4) is 0 Å². The first-order chi connectivity index (χ1) is 13.4. The zero-order chi connectivity index (χ0) is 20.1. The zero-order valence-electron chi connectivity index (χ0n) is 16.4. The van der Waals surface area contributed by atoms with Gasteiger partial charge in [0, 0.05) is 5.69 Å². The Kier molecular flexibility index (Phi) is 6.49. The van der Waals surface area contributed by atoms with Crippen molar-refractivity contribution in [3.63, 3.8) is 0 Å². The number of carbonyl (C=O) groups is 1. The highest BCUT2D eigenvalue weighted by atomic mass is 32.2. The minimum Gasteiger partial charge on any atom is -0.325 e. The van der Waals surface area contributed by atoms with Crippen molar-refractivity contribution < 1.29 is 18.1 Å². The molecule has 3 rings (SSSR count). The number of carbonyl (C=O) groups excluding carboxylic acids is 1. The van der Waals surface area contributed by atoms with Gasteiger partial charge < -0.3 is 10.2 Å². The van der Waals surface area contributed by atoms with E-state index in [9.17, 15) is 13.2 Å². The van der Waals surface area contributed by atoms with E-state index >= 15 is 0 Å². The van der Waals surface area contributed by atoms with Crippen LogP contribution in [-0.4, -0.2) is 51.4 Å². The van der Waals surface area contributed by atoms with Crippen LogP contribution in [0.25, 0.3) is 0 Å². The third-order valence-electron chi connectivity index (χ3n) is 5.08. The molecule has 1 amide bonds. The highest BCUT2D eigenvalue weighted by Crippen LogP contribution is 2.17. The highest BCUT2D eigenvalue weighted by Gasteiger charge is 2.30. The maximum atomic E-state index is 12.7. The van der Waals surface area contributed by atoms with Gasteiger partial charge in [-0.05, 0) is 35.7 Å². The summed E-state index contributed by atoms with van der Waals surface area (Å²) in [6.45, 7) is 6.68. The lowest BCUT2D eigenvalue weighted by Crippen LogP contribution is -3.15. The lowest BCUT2D eigenvalue weighted by atomic mass is 10.0. The van der Waals surface area contributed by atoms with Crippen molar-refractivity contribution in [2.24, 2.45) is 0 Å². The maximum absolute atomic E-state index is 12.7. The smallest absolute Gasteiger partial charge is 0.279 e. The molecule has 1 fully saturated rings. The molecular formula is C21H28N3O3S+. The molecule has 1 heterocycles. The average Bonchev–Trinajstić information content (AvgIpc) is 2.69. The summed E-state index contributed by atoms with van der Waals surface area (Å²) in [4.78, 5) is 13.7. The Morgan fingerprint density at radius 2 is 1.64 bits per heavy atom. The van der Waals surface area contributed by atoms with Crippen LogP contribution in [0.4, 0.5) is 5.69 Å². The van der Waals surface area contributed by atoms with Crippen LogP contribution in [0.5, 0.6) is 0 Å². The van der Waals surface area contributed by atoms with Crippen LogP contribution >= 0.6 is 0 Å². The molecule has 1 saturated heterocycles. The molecular weight excluding hydrogens is 374 g/mol. The predicted molar refractivity (Wildman–Crippen MR) is 110 cm³/mol. The fourth-order valence-electron chi connectivity index (χ4n) is 3.34. The summed E-state index contributed by atoms with van der Waals surface area (Å²) >= 11 is 0. The normalized spacial score (nSPS) is 16.2. The van der Waals surface area contributed by atoms with Gasteiger partial charge in [0.1, 0.15) is 0 Å². The topological polar surface area (TPSA) is 70.9 Å². The summed E-state index contributed by atoms with van der Waals surface area (Å²) < 4.78 is 26.8. The molecule has 1 aliphatic heterocycles. The van der Waals surface area contributed by atoms with Crippen molar-refractivity contribution in [1.82, 2.24) is 4.31 Å². The number of nitrogens with one attached hydrogen (secondary N) is 2. The molecule has 2 N–H and O–H groups in total. The second-order valence-electron chi connectivity index (χ2n) is 7.47. The number of benzene rings is 2.